The van der Waals surface area contributed by atoms with Gasteiger partial charge in [-0.2, -0.15) is 5.26 Å². The van der Waals surface area contributed by atoms with Gasteiger partial charge in [0.25, 0.3) is 0 Å². The Hall–Kier alpha value is -1.57. The minimum Gasteiger partial charge on any atom is -0.356 e. The van der Waals surface area contributed by atoms with E-state index < -0.39 is 5.91 Å². The van der Waals surface area contributed by atoms with E-state index >= 15 is 0 Å². The lowest BCUT2D eigenvalue weighted by Crippen LogP contribution is -2.26. The number of hydrogen-bond donors (Lipinski definition) is 2. The van der Waals surface area contributed by atoms with E-state index in [9.17, 15) is 9.59 Å². The molecule has 0 aromatic rings. The van der Waals surface area contributed by atoms with Crippen LogP contribution in [0.4, 0.5) is 0 Å². The molecule has 0 rings (SSSR count). The SMILES string of the molecule is CCCCNC(=O)CCC(=O)NC#N. The van der Waals surface area contributed by atoms with Crippen LogP contribution in [0.5, 0.6) is 0 Å². The van der Waals surface area contributed by atoms with Crippen LogP contribution in [-0.4, -0.2) is 18.4 Å². The molecule has 78 valence electrons. The van der Waals surface area contributed by atoms with E-state index in [4.69, 9.17) is 5.26 Å². The Morgan fingerprint density at radius 1 is 1.29 bits per heavy atom. The maximum Gasteiger partial charge on any atom is 0.233 e. The summed E-state index contributed by atoms with van der Waals surface area (Å²) in [6, 6.07) is 0. The molecule has 0 aliphatic rings. The molecule has 0 bridgehead atoms. The molecule has 0 unspecified atom stereocenters. The predicted molar refractivity (Wildman–Crippen MR) is 50.9 cm³/mol. The molecule has 5 nitrogen and oxygen atoms in total. The highest BCUT2D eigenvalue weighted by Gasteiger charge is 2.04. The van der Waals surface area contributed by atoms with Crippen LogP contribution in [0.15, 0.2) is 0 Å². The van der Waals surface area contributed by atoms with Crippen LogP contribution in [0, 0.1) is 11.5 Å². The molecule has 0 saturated carbocycles. The van der Waals surface area contributed by atoms with Crippen molar-refractivity contribution in [1.82, 2.24) is 10.6 Å². The van der Waals surface area contributed by atoms with Crippen LogP contribution in [0.2, 0.25) is 0 Å². The van der Waals surface area contributed by atoms with Gasteiger partial charge < -0.3 is 5.32 Å². The van der Waals surface area contributed by atoms with E-state index in [-0.39, 0.29) is 18.7 Å². The zero-order chi connectivity index (χ0) is 10.8. The first kappa shape index (κ1) is 12.4. The fourth-order valence-electron chi connectivity index (χ4n) is 0.845. The molecule has 0 aromatic carbocycles. The lowest BCUT2D eigenvalue weighted by molar-refractivity contribution is -0.125. The summed E-state index contributed by atoms with van der Waals surface area (Å²) >= 11 is 0. The van der Waals surface area contributed by atoms with Crippen molar-refractivity contribution in [2.45, 2.75) is 32.6 Å². The standard InChI is InChI=1S/C9H15N3O2/c1-2-3-6-11-8(13)4-5-9(14)12-7-10/h2-6H2,1H3,(H,11,13)(H,12,14). The normalized spacial score (nSPS) is 8.86. The first-order valence-electron chi connectivity index (χ1n) is 4.65. The maximum absolute atomic E-state index is 11.1. The second-order valence-electron chi connectivity index (χ2n) is 2.86. The second-order valence-corrected chi connectivity index (χ2v) is 2.86. The number of unbranched alkanes of at least 4 members (excludes halogenated alkanes) is 1. The topological polar surface area (TPSA) is 82.0 Å². The number of carbonyl (C=O) groups is 2. The molecule has 0 aromatic heterocycles. The van der Waals surface area contributed by atoms with Gasteiger partial charge in [-0.05, 0) is 6.42 Å². The summed E-state index contributed by atoms with van der Waals surface area (Å²) in [5.41, 5.74) is 0. The van der Waals surface area contributed by atoms with Gasteiger partial charge in [0.15, 0.2) is 6.19 Å². The summed E-state index contributed by atoms with van der Waals surface area (Å²) in [6.07, 6.45) is 3.67. The van der Waals surface area contributed by atoms with Gasteiger partial charge in [-0.1, -0.05) is 13.3 Å². The van der Waals surface area contributed by atoms with Crippen molar-refractivity contribution in [3.63, 3.8) is 0 Å². The van der Waals surface area contributed by atoms with Crippen molar-refractivity contribution >= 4 is 11.8 Å². The minimum atomic E-state index is -0.418. The Kier molecular flexibility index (Phi) is 7.15. The van der Waals surface area contributed by atoms with Crippen LogP contribution >= 0.6 is 0 Å². The van der Waals surface area contributed by atoms with E-state index in [1.807, 2.05) is 12.2 Å². The first-order chi connectivity index (χ1) is 6.70. The van der Waals surface area contributed by atoms with Crippen molar-refractivity contribution in [2.24, 2.45) is 0 Å². The van der Waals surface area contributed by atoms with Crippen LogP contribution in [-0.2, 0) is 9.59 Å². The molecular formula is C9H15N3O2. The van der Waals surface area contributed by atoms with Gasteiger partial charge in [0, 0.05) is 19.4 Å². The smallest absolute Gasteiger partial charge is 0.233 e. The molecule has 2 N–H and O–H groups in total. The average Bonchev–Trinajstić information content (AvgIpc) is 2.16. The van der Waals surface area contributed by atoms with Crippen LogP contribution < -0.4 is 10.6 Å². The first-order valence-corrected chi connectivity index (χ1v) is 4.65. The molecule has 2 amide bonds. The van der Waals surface area contributed by atoms with E-state index in [0.717, 1.165) is 12.8 Å². The fraction of sp³-hybridized carbons (Fsp3) is 0.667. The van der Waals surface area contributed by atoms with Crippen molar-refractivity contribution in [2.75, 3.05) is 6.54 Å². The van der Waals surface area contributed by atoms with Gasteiger partial charge in [-0.15, -0.1) is 0 Å². The summed E-state index contributed by atoms with van der Waals surface area (Å²) in [4.78, 5) is 21.8. The summed E-state index contributed by atoms with van der Waals surface area (Å²) in [7, 11) is 0. The van der Waals surface area contributed by atoms with Gasteiger partial charge in [0.2, 0.25) is 11.8 Å². The number of nitrogens with zero attached hydrogens (tertiary/aromatic N) is 1. The Labute approximate surface area is 83.5 Å². The molecule has 0 radical (unpaired) electrons. The summed E-state index contributed by atoms with van der Waals surface area (Å²) in [5.74, 6) is -0.565. The molecule has 0 heterocycles. The third-order valence-electron chi connectivity index (χ3n) is 1.63. The minimum absolute atomic E-state index is 0.0610. The van der Waals surface area contributed by atoms with Gasteiger partial charge in [-0.25, -0.2) is 0 Å². The monoisotopic (exact) mass is 197 g/mol. The number of rotatable bonds is 6. The van der Waals surface area contributed by atoms with Crippen molar-refractivity contribution in [3.8, 4) is 6.19 Å². The third-order valence-corrected chi connectivity index (χ3v) is 1.63. The fourth-order valence-corrected chi connectivity index (χ4v) is 0.845. The maximum atomic E-state index is 11.1. The van der Waals surface area contributed by atoms with Crippen molar-refractivity contribution < 1.29 is 9.59 Å². The molecule has 5 heteroatoms. The van der Waals surface area contributed by atoms with Crippen molar-refractivity contribution in [3.05, 3.63) is 0 Å². The quantitative estimate of drug-likeness (QED) is 0.364. The molecule has 0 saturated heterocycles. The Balaban J connectivity index is 3.45. The number of amides is 2. The van der Waals surface area contributed by atoms with Crippen LogP contribution in [0.3, 0.4) is 0 Å². The molecular weight excluding hydrogens is 182 g/mol. The third kappa shape index (κ3) is 7.10. The lowest BCUT2D eigenvalue weighted by atomic mass is 10.2. The lowest BCUT2D eigenvalue weighted by Gasteiger charge is -2.02. The van der Waals surface area contributed by atoms with Crippen LogP contribution in [0.1, 0.15) is 32.6 Å². The van der Waals surface area contributed by atoms with Gasteiger partial charge in [0.05, 0.1) is 0 Å². The highest BCUT2D eigenvalue weighted by atomic mass is 16.2. The van der Waals surface area contributed by atoms with E-state index in [1.54, 1.807) is 0 Å². The second kappa shape index (κ2) is 8.05. The van der Waals surface area contributed by atoms with Crippen LogP contribution in [0.25, 0.3) is 0 Å². The predicted octanol–water partition coefficient (Wildman–Crippen LogP) is 0.280. The van der Waals surface area contributed by atoms with E-state index in [1.165, 1.54) is 6.19 Å². The molecule has 0 spiro atoms. The number of nitriles is 1. The highest BCUT2D eigenvalue weighted by molar-refractivity contribution is 5.84. The van der Waals surface area contributed by atoms with Gasteiger partial charge >= 0.3 is 0 Å². The molecule has 0 aliphatic carbocycles. The van der Waals surface area contributed by atoms with E-state index in [0.29, 0.717) is 6.54 Å². The zero-order valence-corrected chi connectivity index (χ0v) is 8.30. The zero-order valence-electron chi connectivity index (χ0n) is 8.30. The summed E-state index contributed by atoms with van der Waals surface area (Å²) in [5, 5.41) is 12.7. The molecule has 0 fully saturated rings. The number of hydrogen-bond acceptors (Lipinski definition) is 3. The van der Waals surface area contributed by atoms with Gasteiger partial charge in [-0.3, -0.25) is 14.9 Å². The highest BCUT2D eigenvalue weighted by Crippen LogP contribution is 1.89. The summed E-state index contributed by atoms with van der Waals surface area (Å²) < 4.78 is 0. The number of nitrogens with one attached hydrogen (secondary N) is 2. The Morgan fingerprint density at radius 3 is 2.50 bits per heavy atom. The van der Waals surface area contributed by atoms with Crippen molar-refractivity contribution in [1.29, 1.82) is 5.26 Å². The van der Waals surface area contributed by atoms with E-state index in [2.05, 4.69) is 5.32 Å². The molecule has 14 heavy (non-hydrogen) atoms. The molecule has 0 aliphatic heterocycles. The largest absolute Gasteiger partial charge is 0.356 e. The Morgan fingerprint density at radius 2 is 1.93 bits per heavy atom. The average molecular weight is 197 g/mol. The Bertz CT molecular complexity index is 233. The number of carbonyl (C=O) groups excluding carboxylic acids is 2. The van der Waals surface area contributed by atoms with Gasteiger partial charge in [0.1, 0.15) is 0 Å². The summed E-state index contributed by atoms with van der Waals surface area (Å²) in [6.45, 7) is 2.68. The molecule has 0 atom stereocenters.